The molecule has 6 unspecified atom stereocenters. The van der Waals surface area contributed by atoms with Gasteiger partial charge in [-0.3, -0.25) is 10.1 Å². The minimum atomic E-state index is -0.995. The third-order valence-electron chi connectivity index (χ3n) is 10.7. The Morgan fingerprint density at radius 2 is 1.84 bits per heavy atom. The van der Waals surface area contributed by atoms with Gasteiger partial charge in [0.1, 0.15) is 24.4 Å². The molecule has 2 aromatic carbocycles. The lowest BCUT2D eigenvalue weighted by Crippen LogP contribution is -2.64. The number of rotatable bonds is 17. The molecule has 0 saturated heterocycles. The fraction of sp³-hybridized carbons (Fsp3) is 0.564. The predicted molar refractivity (Wildman–Crippen MR) is 195 cm³/mol. The van der Waals surface area contributed by atoms with Crippen LogP contribution in [0.2, 0.25) is 0 Å². The number of unbranched alkanes of at least 4 members (excludes halogenated alkanes) is 2. The zero-order valence-corrected chi connectivity index (χ0v) is 29.7. The normalized spacial score (nSPS) is 27.9. The van der Waals surface area contributed by atoms with E-state index in [0.717, 1.165) is 67.5 Å². The van der Waals surface area contributed by atoms with Gasteiger partial charge in [0.2, 0.25) is 5.79 Å². The van der Waals surface area contributed by atoms with E-state index in [1.807, 2.05) is 30.0 Å². The number of nitro benzene ring substituents is 1. The van der Waals surface area contributed by atoms with E-state index in [1.165, 1.54) is 25.0 Å². The molecule has 6 rings (SSSR count). The molecule has 0 aromatic heterocycles. The average molecular weight is 707 g/mol. The molecule has 270 valence electrons. The fourth-order valence-electron chi connectivity index (χ4n) is 8.67. The first-order valence-corrected chi connectivity index (χ1v) is 19.1. The molecule has 10 nitrogen and oxygen atoms in total. The van der Waals surface area contributed by atoms with Crippen molar-refractivity contribution in [1.82, 2.24) is 0 Å². The van der Waals surface area contributed by atoms with Crippen molar-refractivity contribution in [2.45, 2.75) is 92.8 Å². The first-order chi connectivity index (χ1) is 24.4. The molecule has 11 heteroatoms. The van der Waals surface area contributed by atoms with Gasteiger partial charge in [-0.1, -0.05) is 49.1 Å². The lowest BCUT2D eigenvalue weighted by atomic mass is 9.56. The first kappa shape index (κ1) is 36.4. The van der Waals surface area contributed by atoms with Crippen LogP contribution in [0, 0.1) is 27.9 Å². The van der Waals surface area contributed by atoms with Crippen molar-refractivity contribution >= 4 is 23.2 Å². The Morgan fingerprint density at radius 1 is 1.08 bits per heavy atom. The number of benzene rings is 2. The van der Waals surface area contributed by atoms with E-state index >= 15 is 0 Å². The Kier molecular flexibility index (Phi) is 12.2. The number of thioether (sulfide) groups is 1. The van der Waals surface area contributed by atoms with Gasteiger partial charge >= 0.3 is 0 Å². The Labute approximate surface area is 299 Å². The van der Waals surface area contributed by atoms with Gasteiger partial charge < -0.3 is 29.3 Å². The molecule has 0 bridgehead atoms. The molecule has 0 radical (unpaired) electrons. The maximum atomic E-state index is 11.5. The molecule has 0 spiro atoms. The average Bonchev–Trinajstić information content (AvgIpc) is 3.63. The van der Waals surface area contributed by atoms with Gasteiger partial charge in [-0.25, -0.2) is 0 Å². The lowest BCUT2D eigenvalue weighted by Gasteiger charge is -2.58. The van der Waals surface area contributed by atoms with Gasteiger partial charge in [-0.05, 0) is 80.2 Å². The van der Waals surface area contributed by atoms with E-state index < -0.39 is 10.7 Å². The monoisotopic (exact) mass is 706 g/mol. The molecular formula is C39H50N2O8S. The van der Waals surface area contributed by atoms with Crippen LogP contribution in [0.15, 0.2) is 71.9 Å². The number of aliphatic hydroxyl groups is 2. The van der Waals surface area contributed by atoms with Crippen LogP contribution in [-0.2, 0) is 9.57 Å². The molecule has 2 N–H and O–H groups in total. The number of nitro groups is 1. The van der Waals surface area contributed by atoms with E-state index in [4.69, 9.17) is 19.0 Å². The maximum Gasteiger partial charge on any atom is 0.273 e. The Balaban J connectivity index is 1.52. The molecule has 2 saturated carbocycles. The van der Waals surface area contributed by atoms with E-state index in [0.29, 0.717) is 36.2 Å². The van der Waals surface area contributed by atoms with Crippen molar-refractivity contribution in [3.63, 3.8) is 0 Å². The van der Waals surface area contributed by atoms with Gasteiger partial charge in [0.15, 0.2) is 0 Å². The van der Waals surface area contributed by atoms with Crippen LogP contribution in [0.5, 0.6) is 17.2 Å². The first-order valence-electron chi connectivity index (χ1n) is 18.1. The third-order valence-corrected chi connectivity index (χ3v) is 12.4. The number of nitrogens with zero attached hydrogens (tertiary/aromatic N) is 2. The van der Waals surface area contributed by atoms with Crippen molar-refractivity contribution < 1.29 is 34.2 Å². The lowest BCUT2D eigenvalue weighted by molar-refractivity contribution is -0.384. The van der Waals surface area contributed by atoms with Crippen molar-refractivity contribution in [1.29, 1.82) is 0 Å². The number of non-ortho nitro benzene ring substituents is 1. The summed E-state index contributed by atoms with van der Waals surface area (Å²) in [5.41, 5.74) is 2.98. The van der Waals surface area contributed by atoms with Crippen molar-refractivity contribution in [2.24, 2.45) is 22.9 Å². The van der Waals surface area contributed by atoms with E-state index in [-0.39, 0.29) is 47.8 Å². The van der Waals surface area contributed by atoms with Crippen molar-refractivity contribution in [3.8, 4) is 17.2 Å². The zero-order valence-electron chi connectivity index (χ0n) is 28.9. The highest BCUT2D eigenvalue weighted by molar-refractivity contribution is 8.00. The van der Waals surface area contributed by atoms with Gasteiger partial charge in [0, 0.05) is 42.4 Å². The summed E-state index contributed by atoms with van der Waals surface area (Å²) in [5, 5.41) is 36.1. The highest BCUT2D eigenvalue weighted by Crippen LogP contribution is 2.63. The molecule has 1 aliphatic heterocycles. The summed E-state index contributed by atoms with van der Waals surface area (Å²) >= 11 is 1.97. The molecule has 0 amide bonds. The molecule has 2 aromatic rings. The second-order valence-electron chi connectivity index (χ2n) is 13.8. The van der Waals surface area contributed by atoms with Crippen molar-refractivity contribution in [2.75, 3.05) is 26.9 Å². The second-order valence-corrected chi connectivity index (χ2v) is 15.3. The molecule has 4 aliphatic rings. The van der Waals surface area contributed by atoms with E-state index in [2.05, 4.69) is 17.8 Å². The minimum absolute atomic E-state index is 0.0392. The van der Waals surface area contributed by atoms with Crippen LogP contribution >= 0.6 is 11.8 Å². The predicted octanol–water partition coefficient (Wildman–Crippen LogP) is 8.33. The van der Waals surface area contributed by atoms with Gasteiger partial charge in [0.05, 0.1) is 34.5 Å². The molecule has 1 heterocycles. The summed E-state index contributed by atoms with van der Waals surface area (Å²) in [7, 11) is 1.60. The number of hydrogen-bond donors (Lipinski definition) is 2. The van der Waals surface area contributed by atoms with E-state index in [1.54, 1.807) is 25.3 Å². The smallest absolute Gasteiger partial charge is 0.273 e. The van der Waals surface area contributed by atoms with Gasteiger partial charge in [0.25, 0.3) is 5.69 Å². The topological polar surface area (TPSA) is 133 Å². The molecule has 2 fully saturated rings. The van der Waals surface area contributed by atoms with Crippen LogP contribution in [0.3, 0.4) is 0 Å². The van der Waals surface area contributed by atoms with E-state index in [9.17, 15) is 20.3 Å². The number of hydrogen-bond acceptors (Lipinski definition) is 10. The summed E-state index contributed by atoms with van der Waals surface area (Å²) in [6.45, 7) is 4.62. The highest BCUT2D eigenvalue weighted by atomic mass is 32.2. The number of fused-ring (bicyclic) bond motifs is 2. The van der Waals surface area contributed by atoms with Crippen LogP contribution < -0.4 is 9.47 Å². The SMILES string of the molecule is C=CCOC12Oc3ccc(Oc4cccc([N+](=O)[O-])c4)cc3C3C(CCCCO)C(CCCCO)C=C(C(=NOC)CC1SC1CCCC1)C32. The Hall–Kier alpha value is -3.38. The van der Waals surface area contributed by atoms with Crippen LogP contribution in [0.4, 0.5) is 5.69 Å². The van der Waals surface area contributed by atoms with Crippen LogP contribution in [0.25, 0.3) is 0 Å². The molecule has 50 heavy (non-hydrogen) atoms. The van der Waals surface area contributed by atoms with Gasteiger partial charge in [-0.2, -0.15) is 0 Å². The number of aliphatic hydroxyl groups excluding tert-OH is 2. The van der Waals surface area contributed by atoms with Gasteiger partial charge in [-0.15, -0.1) is 18.3 Å². The second kappa shape index (κ2) is 16.8. The molecule has 6 atom stereocenters. The summed E-state index contributed by atoms with van der Waals surface area (Å²) in [6.07, 6.45) is 14.6. The molecule has 3 aliphatic carbocycles. The number of allylic oxidation sites excluding steroid dienone is 1. The standard InChI is InChI=1S/C39H50N2O8S/c1-3-21-47-39-36(50-30-14-4-5-15-30)25-34(40-46-2)32-22-26(11-6-8-19-42)31(16-7-9-20-43)37(38(32)39)33-24-29(17-18-35(33)49-39)48-28-13-10-12-27(23-28)41(44)45/h3,10,12-13,17-18,22-24,26,30-31,36-38,42-43H,1,4-9,11,14-16,19-21,25H2,2H3. The number of ether oxygens (including phenoxy) is 3. The zero-order chi connectivity index (χ0) is 35.1. The third kappa shape index (κ3) is 7.61. The minimum Gasteiger partial charge on any atom is -0.460 e. The highest BCUT2D eigenvalue weighted by Gasteiger charge is 2.64. The molecular weight excluding hydrogens is 657 g/mol. The Morgan fingerprint density at radius 3 is 2.56 bits per heavy atom. The van der Waals surface area contributed by atoms with Crippen LogP contribution in [0.1, 0.15) is 82.1 Å². The van der Waals surface area contributed by atoms with Crippen molar-refractivity contribution in [3.05, 3.63) is 82.4 Å². The summed E-state index contributed by atoms with van der Waals surface area (Å²) in [5.74, 6) is 0.789. The largest absolute Gasteiger partial charge is 0.460 e. The number of oxime groups is 1. The summed E-state index contributed by atoms with van der Waals surface area (Å²) in [6, 6.07) is 12.1. The summed E-state index contributed by atoms with van der Waals surface area (Å²) < 4.78 is 20.5. The quantitative estimate of drug-likeness (QED) is 0.0721. The maximum absolute atomic E-state index is 11.5. The van der Waals surface area contributed by atoms with Crippen LogP contribution in [-0.4, -0.2) is 64.1 Å². The fourth-order valence-corrected chi connectivity index (χ4v) is 10.4. The Bertz CT molecular complexity index is 1560. The summed E-state index contributed by atoms with van der Waals surface area (Å²) in [4.78, 5) is 16.6.